The van der Waals surface area contributed by atoms with Gasteiger partial charge >= 0.3 is 0 Å². The Kier molecular flexibility index (Phi) is 4.00. The maximum Gasteiger partial charge on any atom is 0.259 e. The minimum atomic E-state index is 0.0311. The number of nitrogens with one attached hydrogen (secondary N) is 1. The van der Waals surface area contributed by atoms with Crippen LogP contribution < -0.4 is 0 Å². The number of hydrogen-bond acceptors (Lipinski definition) is 4. The van der Waals surface area contributed by atoms with E-state index in [0.29, 0.717) is 24.3 Å². The van der Waals surface area contributed by atoms with Gasteiger partial charge in [-0.2, -0.15) is 0 Å². The van der Waals surface area contributed by atoms with Crippen LogP contribution in [0.2, 0.25) is 0 Å². The predicted octanol–water partition coefficient (Wildman–Crippen LogP) is 2.60. The van der Waals surface area contributed by atoms with Crippen LogP contribution in [-0.2, 0) is 6.42 Å². The first-order valence-corrected chi connectivity index (χ1v) is 7.86. The van der Waals surface area contributed by atoms with Crippen LogP contribution in [0.5, 0.6) is 0 Å². The van der Waals surface area contributed by atoms with E-state index in [1.54, 1.807) is 6.92 Å². The van der Waals surface area contributed by atoms with Crippen LogP contribution >= 0.6 is 0 Å². The molecule has 0 radical (unpaired) electrons. The molecule has 1 aliphatic rings. The monoisotopic (exact) mass is 302 g/mol. The lowest BCUT2D eigenvalue weighted by atomic mass is 9.96. The van der Waals surface area contributed by atoms with Gasteiger partial charge in [0, 0.05) is 30.9 Å². The standard InChI is InChI=1S/C16H22N4O2/c1-4-13-14(11(3)22-19-13)16(21)20-7-5-6-12(9-20)15-17-8-10(2)18-15/h8,12H,4-7,9H2,1-3H3,(H,17,18)/t12-/m0/s1. The van der Waals surface area contributed by atoms with E-state index in [4.69, 9.17) is 4.52 Å². The number of aromatic nitrogens is 3. The Morgan fingerprint density at radius 1 is 1.50 bits per heavy atom. The molecule has 1 atom stereocenters. The molecule has 2 aromatic rings. The Bertz CT molecular complexity index is 673. The molecule has 6 heteroatoms. The molecule has 0 aliphatic carbocycles. The van der Waals surface area contributed by atoms with Crippen LogP contribution in [0.1, 0.15) is 59.0 Å². The van der Waals surface area contributed by atoms with E-state index < -0.39 is 0 Å². The average Bonchev–Trinajstić information content (AvgIpc) is 3.12. The maximum absolute atomic E-state index is 12.8. The fraction of sp³-hybridized carbons (Fsp3) is 0.562. The Balaban J connectivity index is 1.79. The van der Waals surface area contributed by atoms with Gasteiger partial charge in [-0.3, -0.25) is 4.79 Å². The van der Waals surface area contributed by atoms with Crippen molar-refractivity contribution in [1.82, 2.24) is 20.0 Å². The fourth-order valence-electron chi connectivity index (χ4n) is 3.12. The van der Waals surface area contributed by atoms with Gasteiger partial charge in [-0.1, -0.05) is 12.1 Å². The van der Waals surface area contributed by atoms with Gasteiger partial charge in [0.15, 0.2) is 0 Å². The first kappa shape index (κ1) is 14.8. The molecule has 22 heavy (non-hydrogen) atoms. The Morgan fingerprint density at radius 3 is 3.00 bits per heavy atom. The molecular weight excluding hydrogens is 280 g/mol. The van der Waals surface area contributed by atoms with Gasteiger partial charge in [-0.25, -0.2) is 4.98 Å². The van der Waals surface area contributed by atoms with E-state index in [1.165, 1.54) is 0 Å². The second-order valence-corrected chi connectivity index (χ2v) is 5.96. The van der Waals surface area contributed by atoms with Gasteiger partial charge in [0.1, 0.15) is 17.1 Å². The number of H-pyrrole nitrogens is 1. The number of amides is 1. The molecule has 1 N–H and O–H groups in total. The smallest absolute Gasteiger partial charge is 0.259 e. The number of imidazole rings is 1. The second-order valence-electron chi connectivity index (χ2n) is 5.96. The lowest BCUT2D eigenvalue weighted by Crippen LogP contribution is -2.39. The highest BCUT2D eigenvalue weighted by Gasteiger charge is 2.30. The van der Waals surface area contributed by atoms with Gasteiger partial charge in [-0.15, -0.1) is 0 Å². The lowest BCUT2D eigenvalue weighted by Gasteiger charge is -2.31. The van der Waals surface area contributed by atoms with Crippen molar-refractivity contribution in [2.24, 2.45) is 0 Å². The number of rotatable bonds is 3. The second kappa shape index (κ2) is 5.94. The van der Waals surface area contributed by atoms with E-state index in [-0.39, 0.29) is 11.8 Å². The Morgan fingerprint density at radius 2 is 2.32 bits per heavy atom. The minimum absolute atomic E-state index is 0.0311. The molecule has 0 saturated carbocycles. The predicted molar refractivity (Wildman–Crippen MR) is 81.8 cm³/mol. The van der Waals surface area contributed by atoms with Crippen LogP contribution in [0.4, 0.5) is 0 Å². The number of nitrogens with zero attached hydrogens (tertiary/aromatic N) is 3. The van der Waals surface area contributed by atoms with E-state index in [2.05, 4.69) is 15.1 Å². The van der Waals surface area contributed by atoms with E-state index in [1.807, 2.05) is 24.9 Å². The molecule has 0 unspecified atom stereocenters. The number of carbonyl (C=O) groups excluding carboxylic acids is 1. The Hall–Kier alpha value is -2.11. The van der Waals surface area contributed by atoms with Gasteiger partial charge in [0.25, 0.3) is 5.91 Å². The largest absolute Gasteiger partial charge is 0.361 e. The maximum atomic E-state index is 12.8. The number of likely N-dealkylation sites (tertiary alicyclic amines) is 1. The van der Waals surface area contributed by atoms with Crippen molar-refractivity contribution >= 4 is 5.91 Å². The molecule has 1 aliphatic heterocycles. The third-order valence-corrected chi connectivity index (χ3v) is 4.30. The van der Waals surface area contributed by atoms with Crippen molar-refractivity contribution in [2.45, 2.75) is 46.0 Å². The third-order valence-electron chi connectivity index (χ3n) is 4.30. The van der Waals surface area contributed by atoms with Crippen LogP contribution in [0, 0.1) is 13.8 Å². The summed E-state index contributed by atoms with van der Waals surface area (Å²) in [5.74, 6) is 1.89. The third kappa shape index (κ3) is 2.65. The molecule has 3 rings (SSSR count). The topological polar surface area (TPSA) is 75.0 Å². The number of carbonyl (C=O) groups is 1. The molecule has 0 aromatic carbocycles. The number of aryl methyl sites for hydroxylation is 3. The summed E-state index contributed by atoms with van der Waals surface area (Å²) >= 11 is 0. The van der Waals surface area contributed by atoms with Crippen LogP contribution in [0.15, 0.2) is 10.7 Å². The molecule has 0 bridgehead atoms. The molecule has 118 valence electrons. The number of aromatic amines is 1. The lowest BCUT2D eigenvalue weighted by molar-refractivity contribution is 0.0702. The minimum Gasteiger partial charge on any atom is -0.361 e. The first-order chi connectivity index (χ1) is 10.6. The summed E-state index contributed by atoms with van der Waals surface area (Å²) in [6, 6.07) is 0. The van der Waals surface area contributed by atoms with Gasteiger partial charge in [0.2, 0.25) is 0 Å². The average molecular weight is 302 g/mol. The Labute approximate surface area is 129 Å². The first-order valence-electron chi connectivity index (χ1n) is 7.86. The molecule has 1 fully saturated rings. The van der Waals surface area contributed by atoms with Gasteiger partial charge in [0.05, 0.1) is 5.69 Å². The molecule has 0 spiro atoms. The van der Waals surface area contributed by atoms with Crippen LogP contribution in [0.3, 0.4) is 0 Å². The summed E-state index contributed by atoms with van der Waals surface area (Å²) in [6.45, 7) is 7.26. The molecule has 1 saturated heterocycles. The van der Waals surface area contributed by atoms with Crippen LogP contribution in [-0.4, -0.2) is 39.0 Å². The summed E-state index contributed by atoms with van der Waals surface area (Å²) < 4.78 is 5.20. The normalized spacial score (nSPS) is 18.7. The summed E-state index contributed by atoms with van der Waals surface area (Å²) in [5.41, 5.74) is 2.44. The van der Waals surface area contributed by atoms with Crippen molar-refractivity contribution in [3.05, 3.63) is 34.7 Å². The summed E-state index contributed by atoms with van der Waals surface area (Å²) in [6.07, 6.45) is 4.59. The van der Waals surface area contributed by atoms with Crippen molar-refractivity contribution in [3.8, 4) is 0 Å². The zero-order valence-corrected chi connectivity index (χ0v) is 13.3. The van der Waals surface area contributed by atoms with Crippen molar-refractivity contribution in [1.29, 1.82) is 0 Å². The molecule has 6 nitrogen and oxygen atoms in total. The fourth-order valence-corrected chi connectivity index (χ4v) is 3.12. The summed E-state index contributed by atoms with van der Waals surface area (Å²) in [5, 5.41) is 3.99. The SMILES string of the molecule is CCc1noc(C)c1C(=O)N1CCC[C@H](c2ncc(C)[nH]2)C1. The number of piperidine rings is 1. The van der Waals surface area contributed by atoms with Gasteiger partial charge < -0.3 is 14.4 Å². The van der Waals surface area contributed by atoms with E-state index in [9.17, 15) is 4.79 Å². The highest BCUT2D eigenvalue weighted by Crippen LogP contribution is 2.27. The van der Waals surface area contributed by atoms with Crippen molar-refractivity contribution in [3.63, 3.8) is 0 Å². The summed E-state index contributed by atoms with van der Waals surface area (Å²) in [4.78, 5) is 22.5. The van der Waals surface area contributed by atoms with E-state index in [0.717, 1.165) is 36.6 Å². The van der Waals surface area contributed by atoms with Crippen molar-refractivity contribution < 1.29 is 9.32 Å². The highest BCUT2D eigenvalue weighted by molar-refractivity contribution is 5.96. The van der Waals surface area contributed by atoms with Crippen LogP contribution in [0.25, 0.3) is 0 Å². The molecule has 3 heterocycles. The highest BCUT2D eigenvalue weighted by atomic mass is 16.5. The zero-order valence-electron chi connectivity index (χ0n) is 13.3. The van der Waals surface area contributed by atoms with E-state index >= 15 is 0 Å². The van der Waals surface area contributed by atoms with Gasteiger partial charge in [-0.05, 0) is 33.1 Å². The number of hydrogen-bond donors (Lipinski definition) is 1. The molecule has 1 amide bonds. The zero-order chi connectivity index (χ0) is 15.7. The van der Waals surface area contributed by atoms with Crippen molar-refractivity contribution in [2.75, 3.05) is 13.1 Å². The molecular formula is C16H22N4O2. The molecule has 2 aromatic heterocycles. The quantitative estimate of drug-likeness (QED) is 0.945. The summed E-state index contributed by atoms with van der Waals surface area (Å²) in [7, 11) is 0.